The summed E-state index contributed by atoms with van der Waals surface area (Å²) >= 11 is 0. The number of nitrogens with one attached hydrogen (secondary N) is 1. The molecule has 1 aliphatic heterocycles. The van der Waals surface area contributed by atoms with Gasteiger partial charge in [-0.05, 0) is 48.4 Å². The molecule has 6 heteroatoms. The van der Waals surface area contributed by atoms with Gasteiger partial charge in [-0.3, -0.25) is 9.78 Å². The van der Waals surface area contributed by atoms with E-state index in [4.69, 9.17) is 4.74 Å². The van der Waals surface area contributed by atoms with E-state index in [1.165, 1.54) is 5.56 Å². The Balaban J connectivity index is 1.45. The topological polar surface area (TPSA) is 69.0 Å². The van der Waals surface area contributed by atoms with Crippen molar-refractivity contribution in [2.24, 2.45) is 5.92 Å². The van der Waals surface area contributed by atoms with Gasteiger partial charge in [-0.1, -0.05) is 6.07 Å². The van der Waals surface area contributed by atoms with E-state index in [-0.39, 0.29) is 17.9 Å². The SMILES string of the molecule is O=C(N[C@H]1COC[C@H]1Cc1ccncc1)c1cccc(-n2cccn2)c1. The Bertz CT molecular complexity index is 865. The van der Waals surface area contributed by atoms with Crippen LogP contribution >= 0.6 is 0 Å². The van der Waals surface area contributed by atoms with Gasteiger partial charge in [-0.25, -0.2) is 4.68 Å². The lowest BCUT2D eigenvalue weighted by Gasteiger charge is -2.19. The number of pyridine rings is 1. The second kappa shape index (κ2) is 7.49. The zero-order valence-electron chi connectivity index (χ0n) is 14.3. The van der Waals surface area contributed by atoms with E-state index in [1.807, 2.05) is 48.7 Å². The molecule has 6 nitrogen and oxygen atoms in total. The smallest absolute Gasteiger partial charge is 0.251 e. The van der Waals surface area contributed by atoms with Crippen LogP contribution in [0.1, 0.15) is 15.9 Å². The van der Waals surface area contributed by atoms with Crippen molar-refractivity contribution in [3.63, 3.8) is 0 Å². The van der Waals surface area contributed by atoms with Crippen molar-refractivity contribution in [2.45, 2.75) is 12.5 Å². The number of hydrogen-bond donors (Lipinski definition) is 1. The van der Waals surface area contributed by atoms with Crippen molar-refractivity contribution in [1.82, 2.24) is 20.1 Å². The molecule has 1 amide bonds. The van der Waals surface area contributed by atoms with Crippen LogP contribution in [0.5, 0.6) is 0 Å². The molecule has 1 aromatic carbocycles. The molecule has 3 heterocycles. The third kappa shape index (κ3) is 3.65. The number of aromatic nitrogens is 3. The quantitative estimate of drug-likeness (QED) is 0.768. The minimum Gasteiger partial charge on any atom is -0.379 e. The third-order valence-electron chi connectivity index (χ3n) is 4.64. The highest BCUT2D eigenvalue weighted by molar-refractivity contribution is 5.95. The van der Waals surface area contributed by atoms with Crippen LogP contribution in [0.3, 0.4) is 0 Å². The molecular formula is C20H20N4O2. The van der Waals surface area contributed by atoms with Crippen molar-refractivity contribution >= 4 is 5.91 Å². The average molecular weight is 348 g/mol. The highest BCUT2D eigenvalue weighted by Gasteiger charge is 2.30. The number of nitrogens with zero attached hydrogens (tertiary/aromatic N) is 3. The van der Waals surface area contributed by atoms with Crippen LogP contribution in [-0.4, -0.2) is 39.9 Å². The van der Waals surface area contributed by atoms with E-state index in [0.717, 1.165) is 12.1 Å². The molecule has 0 saturated carbocycles. The zero-order valence-corrected chi connectivity index (χ0v) is 14.3. The normalized spacial score (nSPS) is 19.4. The molecule has 2 atom stereocenters. The summed E-state index contributed by atoms with van der Waals surface area (Å²) in [5.74, 6) is 0.171. The molecule has 0 spiro atoms. The van der Waals surface area contributed by atoms with Crippen molar-refractivity contribution in [2.75, 3.05) is 13.2 Å². The van der Waals surface area contributed by atoms with Gasteiger partial charge in [0.15, 0.2) is 0 Å². The van der Waals surface area contributed by atoms with Crippen molar-refractivity contribution in [1.29, 1.82) is 0 Å². The van der Waals surface area contributed by atoms with Crippen LogP contribution in [0.2, 0.25) is 0 Å². The van der Waals surface area contributed by atoms with Crippen LogP contribution in [0.15, 0.2) is 67.3 Å². The first-order valence-electron chi connectivity index (χ1n) is 8.67. The van der Waals surface area contributed by atoms with Crippen LogP contribution in [0, 0.1) is 5.92 Å². The molecule has 1 N–H and O–H groups in total. The minimum absolute atomic E-state index is 0.00373. The van der Waals surface area contributed by atoms with Gasteiger partial charge in [0.1, 0.15) is 0 Å². The molecule has 0 radical (unpaired) electrons. The largest absolute Gasteiger partial charge is 0.379 e. The van der Waals surface area contributed by atoms with E-state index in [9.17, 15) is 4.79 Å². The number of carbonyl (C=O) groups is 1. The summed E-state index contributed by atoms with van der Waals surface area (Å²) in [5.41, 5.74) is 2.68. The fourth-order valence-electron chi connectivity index (χ4n) is 3.24. The zero-order chi connectivity index (χ0) is 17.8. The maximum Gasteiger partial charge on any atom is 0.251 e. The molecule has 3 aromatic rings. The molecule has 1 fully saturated rings. The summed E-state index contributed by atoms with van der Waals surface area (Å²) in [5, 5.41) is 7.34. The number of benzene rings is 1. The van der Waals surface area contributed by atoms with Crippen LogP contribution in [0.25, 0.3) is 5.69 Å². The van der Waals surface area contributed by atoms with Gasteiger partial charge in [-0.15, -0.1) is 0 Å². The van der Waals surface area contributed by atoms with Gasteiger partial charge in [-0.2, -0.15) is 5.10 Å². The number of rotatable bonds is 5. The molecule has 2 aromatic heterocycles. The van der Waals surface area contributed by atoms with Gasteiger partial charge < -0.3 is 10.1 Å². The van der Waals surface area contributed by atoms with E-state index < -0.39 is 0 Å². The summed E-state index contributed by atoms with van der Waals surface area (Å²) in [4.78, 5) is 16.8. The predicted octanol–water partition coefficient (Wildman–Crippen LogP) is 2.25. The molecule has 1 aliphatic rings. The summed E-state index contributed by atoms with van der Waals surface area (Å²) in [6.07, 6.45) is 8.01. The van der Waals surface area contributed by atoms with E-state index in [1.54, 1.807) is 23.3 Å². The maximum absolute atomic E-state index is 12.7. The lowest BCUT2D eigenvalue weighted by molar-refractivity contribution is 0.0925. The van der Waals surface area contributed by atoms with Crippen molar-refractivity contribution in [3.8, 4) is 5.69 Å². The first-order valence-corrected chi connectivity index (χ1v) is 8.67. The molecule has 26 heavy (non-hydrogen) atoms. The molecule has 0 aliphatic carbocycles. The molecule has 4 rings (SSSR count). The number of carbonyl (C=O) groups excluding carboxylic acids is 1. The second-order valence-corrected chi connectivity index (χ2v) is 6.44. The van der Waals surface area contributed by atoms with E-state index in [0.29, 0.717) is 18.8 Å². The van der Waals surface area contributed by atoms with Gasteiger partial charge in [0.05, 0.1) is 24.9 Å². The fraction of sp³-hybridized carbons (Fsp3) is 0.250. The first-order chi connectivity index (χ1) is 12.8. The molecule has 132 valence electrons. The lowest BCUT2D eigenvalue weighted by atomic mass is 9.95. The van der Waals surface area contributed by atoms with Gasteiger partial charge in [0.2, 0.25) is 0 Å². The Morgan fingerprint density at radius 1 is 1.15 bits per heavy atom. The fourth-order valence-corrected chi connectivity index (χ4v) is 3.24. The summed E-state index contributed by atoms with van der Waals surface area (Å²) in [6.45, 7) is 1.20. The first kappa shape index (κ1) is 16.5. The molecule has 0 unspecified atom stereocenters. The standard InChI is InChI=1S/C20H20N4O2/c25-20(16-3-1-4-18(12-16)24-10-2-7-22-24)23-19-14-26-13-17(19)11-15-5-8-21-9-6-15/h1-10,12,17,19H,11,13-14H2,(H,23,25)/t17-,19+/m1/s1. The van der Waals surface area contributed by atoms with Crippen LogP contribution in [-0.2, 0) is 11.2 Å². The average Bonchev–Trinajstić information content (AvgIpc) is 3.35. The second-order valence-electron chi connectivity index (χ2n) is 6.44. The molecule has 1 saturated heterocycles. The van der Waals surface area contributed by atoms with Gasteiger partial charge in [0.25, 0.3) is 5.91 Å². The van der Waals surface area contributed by atoms with Crippen LogP contribution < -0.4 is 5.32 Å². The Hall–Kier alpha value is -2.99. The number of ether oxygens (including phenoxy) is 1. The Kier molecular flexibility index (Phi) is 4.75. The minimum atomic E-state index is -0.0887. The monoisotopic (exact) mass is 348 g/mol. The Morgan fingerprint density at radius 2 is 2.04 bits per heavy atom. The molecular weight excluding hydrogens is 328 g/mol. The maximum atomic E-state index is 12.7. The van der Waals surface area contributed by atoms with Gasteiger partial charge >= 0.3 is 0 Å². The summed E-state index contributed by atoms with van der Waals surface area (Å²) < 4.78 is 7.35. The van der Waals surface area contributed by atoms with E-state index in [2.05, 4.69) is 15.4 Å². The third-order valence-corrected chi connectivity index (χ3v) is 4.64. The van der Waals surface area contributed by atoms with Crippen molar-refractivity contribution < 1.29 is 9.53 Å². The number of amides is 1. The highest BCUT2D eigenvalue weighted by Crippen LogP contribution is 2.20. The summed E-state index contributed by atoms with van der Waals surface area (Å²) in [7, 11) is 0. The lowest BCUT2D eigenvalue weighted by Crippen LogP contribution is -2.40. The molecule has 0 bridgehead atoms. The van der Waals surface area contributed by atoms with Crippen molar-refractivity contribution in [3.05, 3.63) is 78.4 Å². The van der Waals surface area contributed by atoms with E-state index >= 15 is 0 Å². The Morgan fingerprint density at radius 3 is 2.85 bits per heavy atom. The number of hydrogen-bond acceptors (Lipinski definition) is 4. The summed E-state index contributed by atoms with van der Waals surface area (Å²) in [6, 6.07) is 13.3. The Labute approximate surface area is 151 Å². The van der Waals surface area contributed by atoms with Crippen LogP contribution in [0.4, 0.5) is 0 Å². The highest BCUT2D eigenvalue weighted by atomic mass is 16.5. The predicted molar refractivity (Wildman–Crippen MR) is 97.1 cm³/mol. The van der Waals surface area contributed by atoms with Gasteiger partial charge in [0, 0.05) is 36.3 Å².